The van der Waals surface area contributed by atoms with E-state index in [-0.39, 0.29) is 33.9 Å². The van der Waals surface area contributed by atoms with Gasteiger partial charge < -0.3 is 14.6 Å². The Hall–Kier alpha value is -8.08. The number of nitrogens with zero attached hydrogens (tertiary/aromatic N) is 3. The lowest BCUT2D eigenvalue weighted by Crippen LogP contribution is -2.61. The average Bonchev–Trinajstić information content (AvgIpc) is 3.88. The molecule has 0 saturated carbocycles. The molecule has 0 radical (unpaired) electrons. The van der Waals surface area contributed by atoms with E-state index in [4.69, 9.17) is 0 Å². The molecule has 0 aromatic heterocycles. The Morgan fingerprint density at radius 1 is 0.383 bits per heavy atom. The van der Waals surface area contributed by atoms with Gasteiger partial charge in [-0.3, -0.25) is 0 Å². The van der Waals surface area contributed by atoms with Crippen molar-refractivity contribution in [3.05, 3.63) is 240 Å². The molecule has 2 aliphatic heterocycles. The fourth-order valence-electron chi connectivity index (χ4n) is 13.4. The van der Waals surface area contributed by atoms with Crippen LogP contribution in [0.15, 0.2) is 206 Å². The molecule has 0 bridgehead atoms. The van der Waals surface area contributed by atoms with Gasteiger partial charge in [0.25, 0.3) is 0 Å². The van der Waals surface area contributed by atoms with Crippen molar-refractivity contribution < 1.29 is 0 Å². The van der Waals surface area contributed by atoms with E-state index in [1.165, 1.54) is 117 Å². The minimum absolute atomic E-state index is 0.0107. The molecule has 3 aliphatic rings. The predicted octanol–water partition coefficient (Wildman–Crippen LogP) is 20.2. The largest absolute Gasteiger partial charge is 0.376 e. The van der Waals surface area contributed by atoms with Crippen LogP contribution in [0.25, 0.3) is 44.2 Å². The van der Waals surface area contributed by atoms with Gasteiger partial charge in [-0.2, -0.15) is 0 Å². The monoisotopic (exact) mass is 1050 g/mol. The first-order chi connectivity index (χ1) is 38.5. The van der Waals surface area contributed by atoms with Gasteiger partial charge in [-0.15, -0.1) is 0 Å². The van der Waals surface area contributed by atoms with E-state index in [2.05, 4.69) is 318 Å². The molecule has 0 N–H and O–H groups in total. The van der Waals surface area contributed by atoms with Crippen LogP contribution in [0.5, 0.6) is 0 Å². The van der Waals surface area contributed by atoms with Crippen molar-refractivity contribution in [2.75, 3.05) is 14.6 Å². The molecule has 402 valence electrons. The maximum absolute atomic E-state index is 2.70. The Morgan fingerprint density at radius 2 is 0.914 bits per heavy atom. The lowest BCUT2D eigenvalue weighted by molar-refractivity contribution is 0.590. The normalized spacial score (nSPS) is 14.3. The first kappa shape index (κ1) is 52.3. The first-order valence-electron chi connectivity index (χ1n) is 29.4. The summed E-state index contributed by atoms with van der Waals surface area (Å²) >= 11 is 0. The summed E-state index contributed by atoms with van der Waals surface area (Å²) in [7, 11) is 0. The molecule has 0 spiro atoms. The highest BCUT2D eigenvalue weighted by Gasteiger charge is 2.48. The summed E-state index contributed by atoms with van der Waals surface area (Å²) in [6.07, 6.45) is 0. The van der Waals surface area contributed by atoms with Crippen LogP contribution in [-0.2, 0) is 27.1 Å². The van der Waals surface area contributed by atoms with Gasteiger partial charge in [0.05, 0.1) is 5.69 Å². The van der Waals surface area contributed by atoms with Gasteiger partial charge in [-0.05, 0) is 178 Å². The molecule has 0 amide bonds. The SMILES string of the molecule is CC(C)(C)c1ccc(N2B3c4cc5c(cc4N(c4ccc(C(C)(C)C)cc4-c4ccccc4)c4cc6ccccc6c(c43)-c3cc(N(c4ccc(C(C)(C)C)cc4)c4ccc(C(C)(C)C)cc4)ccc32)C(C)(C)c2ccccc2-5)cc1. The van der Waals surface area contributed by atoms with Crippen LogP contribution >= 0.6 is 0 Å². The molecule has 10 aromatic rings. The van der Waals surface area contributed by atoms with Gasteiger partial charge >= 0.3 is 6.85 Å². The van der Waals surface area contributed by atoms with Crippen molar-refractivity contribution >= 4 is 74.0 Å². The summed E-state index contributed by atoms with van der Waals surface area (Å²) in [5, 5.41) is 2.46. The Labute approximate surface area is 483 Å². The Kier molecular flexibility index (Phi) is 11.9. The maximum Gasteiger partial charge on any atom is 0.333 e. The summed E-state index contributed by atoms with van der Waals surface area (Å²) in [4.78, 5) is 7.83. The molecule has 0 saturated heterocycles. The molecule has 10 aromatic carbocycles. The summed E-state index contributed by atoms with van der Waals surface area (Å²) in [6.45, 7) is 32.4. The van der Waals surface area contributed by atoms with E-state index in [1.54, 1.807) is 0 Å². The van der Waals surface area contributed by atoms with Crippen LogP contribution in [0.3, 0.4) is 0 Å². The molecule has 0 unspecified atom stereocenters. The lowest BCUT2D eigenvalue weighted by atomic mass is 9.43. The second kappa shape index (κ2) is 18.5. The van der Waals surface area contributed by atoms with Crippen LogP contribution in [0.2, 0.25) is 0 Å². The summed E-state index contributed by atoms with van der Waals surface area (Å²) in [5.41, 5.74) is 27.2. The topological polar surface area (TPSA) is 9.72 Å². The highest BCUT2D eigenvalue weighted by molar-refractivity contribution is 6.94. The molecular weight excluding hydrogens is 978 g/mol. The van der Waals surface area contributed by atoms with Crippen LogP contribution in [0, 0.1) is 0 Å². The van der Waals surface area contributed by atoms with Gasteiger partial charge in [-0.1, -0.05) is 224 Å². The zero-order valence-electron chi connectivity index (χ0n) is 50.0. The number of hydrogen-bond acceptors (Lipinski definition) is 3. The molecule has 81 heavy (non-hydrogen) atoms. The van der Waals surface area contributed by atoms with E-state index in [9.17, 15) is 0 Å². The second-order valence-corrected chi connectivity index (χ2v) is 27.9. The van der Waals surface area contributed by atoms with Gasteiger partial charge in [0.15, 0.2) is 0 Å². The molecule has 3 nitrogen and oxygen atoms in total. The summed E-state index contributed by atoms with van der Waals surface area (Å²) < 4.78 is 0. The highest BCUT2D eigenvalue weighted by Crippen LogP contribution is 2.56. The number of fused-ring (bicyclic) bond motifs is 9. The minimum atomic E-state index is -0.218. The number of hydrogen-bond donors (Lipinski definition) is 0. The lowest BCUT2D eigenvalue weighted by Gasteiger charge is -2.47. The van der Waals surface area contributed by atoms with Crippen LogP contribution in [-0.4, -0.2) is 6.85 Å². The number of anilines is 8. The third-order valence-corrected chi connectivity index (χ3v) is 18.1. The standard InChI is InChI=1S/C77H76BN3/c1-73(2,3)51-28-35-55(36-29-51)79(56-37-30-52(31-38-56)74(4,5)6)58-41-43-68-63(46-58)71-59-25-19-18-24-50(59)44-70-72(71)78(81(68)57-39-32-53(33-40-57)75(7,8)9)66-47-62-60-26-20-21-27-64(60)77(13,14)65(62)48-69(66)80(70)67-42-34-54(76(10,11)12)45-61(67)49-22-16-15-17-23-49/h15-48H,1-14H3. The third-order valence-electron chi connectivity index (χ3n) is 18.1. The van der Waals surface area contributed by atoms with Crippen molar-refractivity contribution in [3.63, 3.8) is 0 Å². The predicted molar refractivity (Wildman–Crippen MR) is 350 cm³/mol. The number of benzene rings is 10. The van der Waals surface area contributed by atoms with Crippen LogP contribution in [0.4, 0.5) is 45.5 Å². The summed E-state index contributed by atoms with van der Waals surface area (Å²) in [5.74, 6) is 0. The van der Waals surface area contributed by atoms with Crippen molar-refractivity contribution in [1.29, 1.82) is 0 Å². The van der Waals surface area contributed by atoms with Gasteiger partial charge in [0, 0.05) is 56.4 Å². The molecule has 2 heterocycles. The Bertz CT molecular complexity index is 4040. The molecule has 0 atom stereocenters. The van der Waals surface area contributed by atoms with Crippen LogP contribution < -0.4 is 25.5 Å². The van der Waals surface area contributed by atoms with Crippen LogP contribution in [0.1, 0.15) is 130 Å². The van der Waals surface area contributed by atoms with Gasteiger partial charge in [0.1, 0.15) is 0 Å². The van der Waals surface area contributed by atoms with E-state index in [0.717, 1.165) is 17.1 Å². The van der Waals surface area contributed by atoms with E-state index in [1.807, 2.05) is 0 Å². The van der Waals surface area contributed by atoms with Crippen molar-refractivity contribution in [2.45, 2.75) is 124 Å². The smallest absolute Gasteiger partial charge is 0.333 e. The Morgan fingerprint density at radius 3 is 1.53 bits per heavy atom. The zero-order chi connectivity index (χ0) is 56.7. The highest BCUT2D eigenvalue weighted by atomic mass is 15.2. The zero-order valence-corrected chi connectivity index (χ0v) is 50.0. The first-order valence-corrected chi connectivity index (χ1v) is 29.4. The maximum atomic E-state index is 2.70. The Balaban J connectivity index is 1.15. The fourth-order valence-corrected chi connectivity index (χ4v) is 13.4. The van der Waals surface area contributed by atoms with Gasteiger partial charge in [0.2, 0.25) is 0 Å². The molecule has 13 rings (SSSR count). The molecule has 4 heteroatoms. The minimum Gasteiger partial charge on any atom is -0.376 e. The fraction of sp³-hybridized carbons (Fsp3) is 0.247. The van der Waals surface area contributed by atoms with E-state index < -0.39 is 0 Å². The van der Waals surface area contributed by atoms with Crippen molar-refractivity contribution in [1.82, 2.24) is 0 Å². The van der Waals surface area contributed by atoms with Crippen molar-refractivity contribution in [2.24, 2.45) is 0 Å². The molecule has 1 aliphatic carbocycles. The van der Waals surface area contributed by atoms with Gasteiger partial charge in [-0.25, -0.2) is 0 Å². The third kappa shape index (κ3) is 8.63. The average molecular weight is 1050 g/mol. The van der Waals surface area contributed by atoms with E-state index in [0.29, 0.717) is 0 Å². The molecular formula is C77H76BN3. The quantitative estimate of drug-likeness (QED) is 0.154. The second-order valence-electron chi connectivity index (χ2n) is 27.9. The van der Waals surface area contributed by atoms with Crippen molar-refractivity contribution in [3.8, 4) is 33.4 Å². The molecule has 0 fully saturated rings. The number of rotatable bonds is 6. The van der Waals surface area contributed by atoms with E-state index >= 15 is 0 Å². The summed E-state index contributed by atoms with van der Waals surface area (Å²) in [6, 6.07) is 79.7.